The van der Waals surface area contributed by atoms with Crippen LogP contribution in [0.25, 0.3) is 0 Å². The van der Waals surface area contributed by atoms with E-state index in [1.54, 1.807) is 0 Å². The summed E-state index contributed by atoms with van der Waals surface area (Å²) in [5.41, 5.74) is 2.38. The first-order chi connectivity index (χ1) is 11.1. The lowest BCUT2D eigenvalue weighted by molar-refractivity contribution is -0.130. The second-order valence-electron chi connectivity index (χ2n) is 6.87. The van der Waals surface area contributed by atoms with Crippen LogP contribution in [-0.4, -0.2) is 34.7 Å². The molecule has 5 nitrogen and oxygen atoms in total. The fraction of sp³-hybridized carbons (Fsp3) is 0.500. The summed E-state index contributed by atoms with van der Waals surface area (Å²) in [5.74, 6) is -0.396. The minimum Gasteiger partial charge on any atom is -0.323 e. The topological polar surface area (TPSA) is 66.5 Å². The van der Waals surface area contributed by atoms with E-state index in [-0.39, 0.29) is 18.2 Å². The molecule has 1 aromatic rings. The summed E-state index contributed by atoms with van der Waals surface area (Å²) in [6.45, 7) is -0.162. The molecule has 3 aliphatic rings. The van der Waals surface area contributed by atoms with Gasteiger partial charge in [-0.15, -0.1) is 0 Å². The summed E-state index contributed by atoms with van der Waals surface area (Å²) in [6.07, 6.45) is 6.45. The molecular formula is C18H20N2O3. The SMILES string of the molecule is O=C(CN1C(=O)NC2(CCCC2)C1=O)c1ccc2c(c1)CCC2. The second kappa shape index (κ2) is 5.18. The number of benzene rings is 1. The van der Waals surface area contributed by atoms with Crippen molar-refractivity contribution in [3.63, 3.8) is 0 Å². The van der Waals surface area contributed by atoms with Crippen LogP contribution in [0.5, 0.6) is 0 Å². The molecule has 23 heavy (non-hydrogen) atoms. The molecule has 1 saturated heterocycles. The van der Waals surface area contributed by atoms with Crippen LogP contribution in [0.2, 0.25) is 0 Å². The van der Waals surface area contributed by atoms with E-state index in [2.05, 4.69) is 5.32 Å². The summed E-state index contributed by atoms with van der Waals surface area (Å²) in [4.78, 5) is 38.3. The Kier molecular flexibility index (Phi) is 3.25. The maximum absolute atomic E-state index is 12.6. The molecular weight excluding hydrogens is 292 g/mol. The molecule has 1 spiro atoms. The number of aryl methyl sites for hydroxylation is 2. The van der Waals surface area contributed by atoms with Gasteiger partial charge in [-0.2, -0.15) is 0 Å². The molecule has 120 valence electrons. The van der Waals surface area contributed by atoms with Crippen LogP contribution in [0.1, 0.15) is 53.6 Å². The Labute approximate surface area is 135 Å². The van der Waals surface area contributed by atoms with Crippen LogP contribution >= 0.6 is 0 Å². The fourth-order valence-corrected chi connectivity index (χ4v) is 4.12. The van der Waals surface area contributed by atoms with Gasteiger partial charge in [0.25, 0.3) is 5.91 Å². The van der Waals surface area contributed by atoms with E-state index in [4.69, 9.17) is 0 Å². The highest BCUT2D eigenvalue weighted by Gasteiger charge is 2.52. The Balaban J connectivity index is 1.52. The Morgan fingerprint density at radius 3 is 2.61 bits per heavy atom. The number of fused-ring (bicyclic) bond motifs is 1. The minimum atomic E-state index is -0.741. The molecule has 0 bridgehead atoms. The summed E-state index contributed by atoms with van der Waals surface area (Å²) in [6, 6.07) is 5.32. The van der Waals surface area contributed by atoms with Crippen molar-refractivity contribution in [2.24, 2.45) is 0 Å². The molecule has 0 unspecified atom stereocenters. The molecule has 1 aromatic carbocycles. The Hall–Kier alpha value is -2.17. The van der Waals surface area contributed by atoms with Gasteiger partial charge < -0.3 is 5.32 Å². The molecule has 0 aromatic heterocycles. The van der Waals surface area contributed by atoms with Crippen LogP contribution in [0.4, 0.5) is 4.79 Å². The van der Waals surface area contributed by atoms with Crippen LogP contribution in [0.3, 0.4) is 0 Å². The number of nitrogens with zero attached hydrogens (tertiary/aromatic N) is 1. The van der Waals surface area contributed by atoms with Gasteiger partial charge in [0.15, 0.2) is 5.78 Å². The van der Waals surface area contributed by atoms with Crippen LogP contribution in [0.15, 0.2) is 18.2 Å². The molecule has 0 atom stereocenters. The standard InChI is InChI=1S/C18H20N2O3/c21-15(14-7-6-12-4-3-5-13(12)10-14)11-20-16(22)18(19-17(20)23)8-1-2-9-18/h6-7,10H,1-5,8-9,11H2,(H,19,23). The van der Waals surface area contributed by atoms with E-state index < -0.39 is 11.6 Å². The fourth-order valence-electron chi connectivity index (χ4n) is 4.12. The highest BCUT2D eigenvalue weighted by Crippen LogP contribution is 2.35. The molecule has 0 radical (unpaired) electrons. The number of urea groups is 1. The first-order valence-corrected chi connectivity index (χ1v) is 8.38. The van der Waals surface area contributed by atoms with Gasteiger partial charge in [-0.25, -0.2) is 4.79 Å². The first-order valence-electron chi connectivity index (χ1n) is 8.38. The monoisotopic (exact) mass is 312 g/mol. The molecule has 1 N–H and O–H groups in total. The smallest absolute Gasteiger partial charge is 0.323 e. The van der Waals surface area contributed by atoms with Gasteiger partial charge in [0.05, 0.1) is 6.54 Å². The van der Waals surface area contributed by atoms with Gasteiger partial charge in [0, 0.05) is 5.56 Å². The predicted octanol–water partition coefficient (Wildman–Crippen LogP) is 2.22. The summed E-state index contributed by atoms with van der Waals surface area (Å²) < 4.78 is 0. The molecule has 1 saturated carbocycles. The first kappa shape index (κ1) is 14.4. The summed E-state index contributed by atoms with van der Waals surface area (Å²) in [5, 5.41) is 2.81. The van der Waals surface area contributed by atoms with E-state index in [0.717, 1.165) is 37.0 Å². The van der Waals surface area contributed by atoms with E-state index >= 15 is 0 Å². The molecule has 5 heteroatoms. The largest absolute Gasteiger partial charge is 0.325 e. The van der Waals surface area contributed by atoms with Crippen LogP contribution in [0, 0.1) is 0 Å². The molecule has 3 amide bonds. The van der Waals surface area contributed by atoms with Gasteiger partial charge in [-0.1, -0.05) is 25.0 Å². The zero-order chi connectivity index (χ0) is 16.0. The summed E-state index contributed by atoms with van der Waals surface area (Å²) in [7, 11) is 0. The lowest BCUT2D eigenvalue weighted by Crippen LogP contribution is -2.44. The van der Waals surface area contributed by atoms with E-state index in [1.807, 2.05) is 18.2 Å². The molecule has 2 fully saturated rings. The third-order valence-electron chi connectivity index (χ3n) is 5.43. The van der Waals surface area contributed by atoms with E-state index in [9.17, 15) is 14.4 Å². The van der Waals surface area contributed by atoms with Crippen LogP contribution in [-0.2, 0) is 17.6 Å². The number of amides is 3. The molecule has 4 rings (SSSR count). The second-order valence-corrected chi connectivity index (χ2v) is 6.87. The maximum Gasteiger partial charge on any atom is 0.325 e. The van der Waals surface area contributed by atoms with Gasteiger partial charge in [-0.3, -0.25) is 14.5 Å². The van der Waals surface area contributed by atoms with Gasteiger partial charge in [-0.05, 0) is 49.3 Å². The minimum absolute atomic E-state index is 0.162. The number of rotatable bonds is 3. The highest BCUT2D eigenvalue weighted by atomic mass is 16.2. The van der Waals surface area contributed by atoms with Crippen LogP contribution < -0.4 is 5.32 Å². The van der Waals surface area contributed by atoms with Crippen molar-refractivity contribution < 1.29 is 14.4 Å². The number of imide groups is 1. The lowest BCUT2D eigenvalue weighted by atomic mass is 9.98. The number of nitrogens with one attached hydrogen (secondary N) is 1. The van der Waals surface area contributed by atoms with Gasteiger partial charge in [0.1, 0.15) is 5.54 Å². The highest BCUT2D eigenvalue weighted by molar-refractivity contribution is 6.11. The van der Waals surface area contributed by atoms with Crippen molar-refractivity contribution in [2.75, 3.05) is 6.54 Å². The quantitative estimate of drug-likeness (QED) is 0.687. The number of ketones is 1. The van der Waals surface area contributed by atoms with Crippen molar-refractivity contribution >= 4 is 17.7 Å². The molecule has 1 aliphatic heterocycles. The number of carbonyl (C=O) groups excluding carboxylic acids is 3. The predicted molar refractivity (Wildman–Crippen MR) is 84.2 cm³/mol. The third-order valence-corrected chi connectivity index (χ3v) is 5.43. The zero-order valence-electron chi connectivity index (χ0n) is 13.1. The number of hydrogen-bond acceptors (Lipinski definition) is 3. The van der Waals surface area contributed by atoms with E-state index in [0.29, 0.717) is 18.4 Å². The van der Waals surface area contributed by atoms with Gasteiger partial charge >= 0.3 is 6.03 Å². The number of carbonyl (C=O) groups is 3. The van der Waals surface area contributed by atoms with Crippen molar-refractivity contribution in [3.05, 3.63) is 34.9 Å². The average molecular weight is 312 g/mol. The summed E-state index contributed by atoms with van der Waals surface area (Å²) >= 11 is 0. The van der Waals surface area contributed by atoms with Crippen molar-refractivity contribution in [2.45, 2.75) is 50.5 Å². The number of hydrogen-bond donors (Lipinski definition) is 1. The Morgan fingerprint density at radius 1 is 1.09 bits per heavy atom. The lowest BCUT2D eigenvalue weighted by Gasteiger charge is -2.19. The molecule has 2 aliphatic carbocycles. The Morgan fingerprint density at radius 2 is 1.83 bits per heavy atom. The van der Waals surface area contributed by atoms with Crippen molar-refractivity contribution in [1.82, 2.24) is 10.2 Å². The zero-order valence-corrected chi connectivity index (χ0v) is 13.1. The van der Waals surface area contributed by atoms with E-state index in [1.165, 1.54) is 11.1 Å². The average Bonchev–Trinajstić information content (AvgIpc) is 3.24. The van der Waals surface area contributed by atoms with Crippen molar-refractivity contribution in [1.29, 1.82) is 0 Å². The molecule has 1 heterocycles. The third kappa shape index (κ3) is 2.26. The normalized spacial score (nSPS) is 21.8. The van der Waals surface area contributed by atoms with Gasteiger partial charge in [0.2, 0.25) is 0 Å². The van der Waals surface area contributed by atoms with Crippen molar-refractivity contribution in [3.8, 4) is 0 Å². The Bertz CT molecular complexity index is 704. The number of Topliss-reactive ketones (excluding diaryl/α,β-unsaturated/α-hetero) is 1. The maximum atomic E-state index is 12.6.